The third kappa shape index (κ3) is 1.35. The number of allylic oxidation sites excluding steroid dienone is 2. The lowest BCUT2D eigenvalue weighted by molar-refractivity contribution is 0.388. The molecule has 0 heterocycles. The van der Waals surface area contributed by atoms with E-state index >= 15 is 0 Å². The monoisotopic (exact) mass is 178 g/mol. The Bertz CT molecular complexity index is 180. The first-order valence-corrected chi connectivity index (χ1v) is 6.00. The highest BCUT2D eigenvalue weighted by atomic mass is 14.6. The molecule has 0 radical (unpaired) electrons. The summed E-state index contributed by atoms with van der Waals surface area (Å²) in [4.78, 5) is 0. The third-order valence-corrected chi connectivity index (χ3v) is 4.63. The van der Waals surface area contributed by atoms with E-state index in [-0.39, 0.29) is 0 Å². The van der Waals surface area contributed by atoms with Gasteiger partial charge in [0.05, 0.1) is 0 Å². The molecule has 0 aromatic heterocycles. The largest absolute Gasteiger partial charge is 0.0885 e. The molecular formula is C13H22. The van der Waals surface area contributed by atoms with Gasteiger partial charge in [0.2, 0.25) is 0 Å². The highest BCUT2D eigenvalue weighted by molar-refractivity contribution is 5.10. The molecule has 0 spiro atoms. The molecule has 0 saturated heterocycles. The van der Waals surface area contributed by atoms with Crippen molar-refractivity contribution in [3.05, 3.63) is 12.2 Å². The molecule has 2 atom stereocenters. The standard InChI is InChI=1S/C13H22/c1-3-13(4-2)11-9-7-5-6-8-10-12(11)13/h5-6,11-12H,3-4,7-10H2,1-2H3. The van der Waals surface area contributed by atoms with Gasteiger partial charge in [-0.2, -0.15) is 0 Å². The number of fused-ring (bicyclic) bond motifs is 1. The summed E-state index contributed by atoms with van der Waals surface area (Å²) in [5, 5.41) is 0. The van der Waals surface area contributed by atoms with Gasteiger partial charge in [-0.25, -0.2) is 0 Å². The Morgan fingerprint density at radius 3 is 1.85 bits per heavy atom. The van der Waals surface area contributed by atoms with Crippen LogP contribution in [0.1, 0.15) is 52.4 Å². The highest BCUT2D eigenvalue weighted by Crippen LogP contribution is 2.67. The van der Waals surface area contributed by atoms with Crippen LogP contribution < -0.4 is 0 Å². The van der Waals surface area contributed by atoms with Crippen LogP contribution in [0, 0.1) is 17.3 Å². The fourth-order valence-corrected chi connectivity index (χ4v) is 3.73. The van der Waals surface area contributed by atoms with Crippen molar-refractivity contribution in [3.8, 4) is 0 Å². The predicted octanol–water partition coefficient (Wildman–Crippen LogP) is 4.17. The normalized spacial score (nSPS) is 36.2. The van der Waals surface area contributed by atoms with Crippen LogP contribution in [0.3, 0.4) is 0 Å². The summed E-state index contributed by atoms with van der Waals surface area (Å²) in [5.74, 6) is 2.15. The minimum Gasteiger partial charge on any atom is -0.0885 e. The summed E-state index contributed by atoms with van der Waals surface area (Å²) in [6.07, 6.45) is 13.2. The molecule has 0 aromatic rings. The van der Waals surface area contributed by atoms with E-state index in [2.05, 4.69) is 26.0 Å². The maximum Gasteiger partial charge on any atom is -0.0240 e. The molecule has 0 N–H and O–H groups in total. The van der Waals surface area contributed by atoms with Crippen molar-refractivity contribution < 1.29 is 0 Å². The van der Waals surface area contributed by atoms with E-state index in [0.29, 0.717) is 0 Å². The van der Waals surface area contributed by atoms with E-state index in [1.807, 2.05) is 0 Å². The van der Waals surface area contributed by atoms with Gasteiger partial charge in [0, 0.05) is 0 Å². The summed E-state index contributed by atoms with van der Waals surface area (Å²) < 4.78 is 0. The molecule has 0 nitrogen and oxygen atoms in total. The van der Waals surface area contributed by atoms with E-state index in [1.54, 1.807) is 0 Å². The molecule has 0 aliphatic heterocycles. The Balaban J connectivity index is 2.05. The molecular weight excluding hydrogens is 156 g/mol. The molecule has 2 aliphatic rings. The topological polar surface area (TPSA) is 0 Å². The van der Waals surface area contributed by atoms with Crippen molar-refractivity contribution >= 4 is 0 Å². The maximum atomic E-state index is 2.39. The van der Waals surface area contributed by atoms with Crippen LogP contribution in [0.5, 0.6) is 0 Å². The Morgan fingerprint density at radius 2 is 1.46 bits per heavy atom. The molecule has 0 amide bonds. The van der Waals surface area contributed by atoms with E-state index in [9.17, 15) is 0 Å². The lowest BCUT2D eigenvalue weighted by Gasteiger charge is -2.12. The Kier molecular flexibility index (Phi) is 2.49. The Labute approximate surface area is 82.4 Å². The minimum atomic E-state index is 0.770. The average Bonchev–Trinajstić information content (AvgIpc) is 2.71. The van der Waals surface area contributed by atoms with Crippen LogP contribution in [0.2, 0.25) is 0 Å². The lowest BCUT2D eigenvalue weighted by atomic mass is 9.93. The van der Waals surface area contributed by atoms with Crippen LogP contribution in [0.25, 0.3) is 0 Å². The lowest BCUT2D eigenvalue weighted by Crippen LogP contribution is -2.01. The molecule has 13 heavy (non-hydrogen) atoms. The fraction of sp³-hybridized carbons (Fsp3) is 0.846. The third-order valence-electron chi connectivity index (χ3n) is 4.63. The summed E-state index contributed by atoms with van der Waals surface area (Å²) >= 11 is 0. The first-order chi connectivity index (χ1) is 6.35. The van der Waals surface area contributed by atoms with Crippen molar-refractivity contribution in [1.29, 1.82) is 0 Å². The Hall–Kier alpha value is -0.260. The van der Waals surface area contributed by atoms with E-state index < -0.39 is 0 Å². The quantitative estimate of drug-likeness (QED) is 0.557. The van der Waals surface area contributed by atoms with Gasteiger partial charge in [-0.05, 0) is 55.8 Å². The second-order valence-electron chi connectivity index (χ2n) is 4.78. The number of hydrogen-bond acceptors (Lipinski definition) is 0. The highest BCUT2D eigenvalue weighted by Gasteiger charge is 2.59. The van der Waals surface area contributed by atoms with Gasteiger partial charge in [-0.3, -0.25) is 0 Å². The van der Waals surface area contributed by atoms with Gasteiger partial charge in [0.25, 0.3) is 0 Å². The Morgan fingerprint density at radius 1 is 1.00 bits per heavy atom. The van der Waals surface area contributed by atoms with Crippen molar-refractivity contribution in [1.82, 2.24) is 0 Å². The molecule has 1 saturated carbocycles. The molecule has 0 aromatic carbocycles. The average molecular weight is 178 g/mol. The zero-order valence-corrected chi connectivity index (χ0v) is 9.05. The molecule has 0 bridgehead atoms. The second-order valence-corrected chi connectivity index (χ2v) is 4.78. The minimum absolute atomic E-state index is 0.770. The fourth-order valence-electron chi connectivity index (χ4n) is 3.73. The van der Waals surface area contributed by atoms with Gasteiger partial charge in [0.15, 0.2) is 0 Å². The van der Waals surface area contributed by atoms with Crippen LogP contribution in [-0.2, 0) is 0 Å². The number of hydrogen-bond donors (Lipinski definition) is 0. The van der Waals surface area contributed by atoms with Gasteiger partial charge in [-0.15, -0.1) is 0 Å². The van der Waals surface area contributed by atoms with Crippen LogP contribution in [-0.4, -0.2) is 0 Å². The van der Waals surface area contributed by atoms with Crippen LogP contribution >= 0.6 is 0 Å². The molecule has 2 rings (SSSR count). The van der Waals surface area contributed by atoms with E-state index in [4.69, 9.17) is 0 Å². The summed E-state index contributed by atoms with van der Waals surface area (Å²) in [7, 11) is 0. The van der Waals surface area contributed by atoms with Crippen LogP contribution in [0.4, 0.5) is 0 Å². The van der Waals surface area contributed by atoms with Crippen LogP contribution in [0.15, 0.2) is 12.2 Å². The molecule has 2 aliphatic carbocycles. The van der Waals surface area contributed by atoms with Gasteiger partial charge >= 0.3 is 0 Å². The zero-order chi connectivity index (χ0) is 9.31. The SMILES string of the molecule is CCC1(CC)C2CCC=CCCC21. The van der Waals surface area contributed by atoms with E-state index in [1.165, 1.54) is 38.5 Å². The summed E-state index contributed by atoms with van der Waals surface area (Å²) in [5.41, 5.74) is 0.770. The van der Waals surface area contributed by atoms with Gasteiger partial charge in [0.1, 0.15) is 0 Å². The predicted molar refractivity (Wildman–Crippen MR) is 57.6 cm³/mol. The van der Waals surface area contributed by atoms with Crippen molar-refractivity contribution in [2.24, 2.45) is 17.3 Å². The summed E-state index contributed by atoms with van der Waals surface area (Å²) in [6, 6.07) is 0. The van der Waals surface area contributed by atoms with Crippen molar-refractivity contribution in [3.63, 3.8) is 0 Å². The van der Waals surface area contributed by atoms with Gasteiger partial charge in [-0.1, -0.05) is 26.0 Å². The van der Waals surface area contributed by atoms with E-state index in [0.717, 1.165) is 17.3 Å². The smallest absolute Gasteiger partial charge is 0.0240 e. The molecule has 2 unspecified atom stereocenters. The summed E-state index contributed by atoms with van der Waals surface area (Å²) in [6.45, 7) is 4.78. The zero-order valence-electron chi connectivity index (χ0n) is 9.05. The molecule has 1 fully saturated rings. The number of rotatable bonds is 2. The van der Waals surface area contributed by atoms with Crippen molar-refractivity contribution in [2.45, 2.75) is 52.4 Å². The molecule has 74 valence electrons. The van der Waals surface area contributed by atoms with Gasteiger partial charge < -0.3 is 0 Å². The maximum absolute atomic E-state index is 2.39. The second kappa shape index (κ2) is 3.48. The first-order valence-electron chi connectivity index (χ1n) is 6.00. The molecule has 0 heteroatoms. The van der Waals surface area contributed by atoms with Crippen molar-refractivity contribution in [2.75, 3.05) is 0 Å². The first kappa shape index (κ1) is 9.30.